The molecular formula is C23H19BrClN5O3. The summed E-state index contributed by atoms with van der Waals surface area (Å²) in [5.74, 6) is -0.381. The lowest BCUT2D eigenvalue weighted by atomic mass is 10.1. The number of amides is 5. The van der Waals surface area contributed by atoms with E-state index in [1.807, 2.05) is 25.1 Å². The lowest BCUT2D eigenvalue weighted by molar-refractivity contribution is -0.120. The Hall–Kier alpha value is -3.09. The van der Waals surface area contributed by atoms with Crippen LogP contribution in [0.15, 0.2) is 34.8 Å². The summed E-state index contributed by atoms with van der Waals surface area (Å²) in [4.78, 5) is 44.0. The maximum absolute atomic E-state index is 13.4. The number of fused-ring (bicyclic) bond motifs is 5. The topological polar surface area (TPSA) is 96.7 Å². The summed E-state index contributed by atoms with van der Waals surface area (Å²) in [6.07, 6.45) is 0.565. The van der Waals surface area contributed by atoms with E-state index in [4.69, 9.17) is 11.6 Å². The van der Waals surface area contributed by atoms with E-state index in [0.717, 1.165) is 14.9 Å². The molecule has 0 aromatic heterocycles. The fourth-order valence-corrected chi connectivity index (χ4v) is 5.48. The van der Waals surface area contributed by atoms with Crippen LogP contribution in [0.2, 0.25) is 5.02 Å². The van der Waals surface area contributed by atoms with Crippen LogP contribution in [0.1, 0.15) is 23.1 Å². The van der Waals surface area contributed by atoms with Gasteiger partial charge in [0.25, 0.3) is 5.91 Å². The Bertz CT molecular complexity index is 1280. The van der Waals surface area contributed by atoms with Gasteiger partial charge in [0.1, 0.15) is 12.1 Å². The molecule has 33 heavy (non-hydrogen) atoms. The molecule has 5 rings (SSSR count). The van der Waals surface area contributed by atoms with Crippen molar-refractivity contribution in [2.75, 3.05) is 16.8 Å². The fraction of sp³-hybridized carbons (Fsp3) is 0.304. The number of nitrogens with zero attached hydrogens (tertiary/aromatic N) is 4. The van der Waals surface area contributed by atoms with E-state index in [1.165, 1.54) is 6.07 Å². The van der Waals surface area contributed by atoms with Crippen molar-refractivity contribution in [1.29, 1.82) is 5.26 Å². The molecule has 0 aliphatic carbocycles. The van der Waals surface area contributed by atoms with E-state index >= 15 is 0 Å². The monoisotopic (exact) mass is 527 g/mol. The first-order chi connectivity index (χ1) is 15.7. The molecule has 2 aromatic rings. The minimum absolute atomic E-state index is 0.219. The number of anilines is 2. The molecule has 2 unspecified atom stereocenters. The Morgan fingerprint density at radius 1 is 1.24 bits per heavy atom. The molecule has 5 amide bonds. The van der Waals surface area contributed by atoms with E-state index < -0.39 is 18.1 Å². The van der Waals surface area contributed by atoms with Crippen molar-refractivity contribution < 1.29 is 14.4 Å². The van der Waals surface area contributed by atoms with Crippen molar-refractivity contribution in [2.24, 2.45) is 0 Å². The standard InChI is InChI=1S/C23H19BrClN5O3/c1-11-7-14(4-5-16(11)24)27-22(32)28-10-15-8-18(28)20-21(31)30(23(33)29(15)20)17-6-3-13(9-26)19(25)12(17)2/h3-7,15,18,20H,8,10H2,1-2H3,(H,27,32)/t15?,18?,20-/m0/s1. The van der Waals surface area contributed by atoms with Gasteiger partial charge in [0.05, 0.1) is 28.4 Å². The first-order valence-corrected chi connectivity index (χ1v) is 11.6. The highest BCUT2D eigenvalue weighted by molar-refractivity contribution is 9.10. The summed E-state index contributed by atoms with van der Waals surface area (Å²) in [6.45, 7) is 3.98. The van der Waals surface area contributed by atoms with Gasteiger partial charge in [-0.15, -0.1) is 0 Å². The summed E-state index contributed by atoms with van der Waals surface area (Å²) < 4.78 is 0.949. The van der Waals surface area contributed by atoms with Gasteiger partial charge in [-0.2, -0.15) is 5.26 Å². The Kier molecular flexibility index (Phi) is 5.10. The molecule has 2 aromatic carbocycles. The molecule has 3 atom stereocenters. The second-order valence-corrected chi connectivity index (χ2v) is 9.73. The number of urea groups is 2. The van der Waals surface area contributed by atoms with Crippen LogP contribution in [0.5, 0.6) is 0 Å². The van der Waals surface area contributed by atoms with Gasteiger partial charge in [0.15, 0.2) is 0 Å². The summed E-state index contributed by atoms with van der Waals surface area (Å²) >= 11 is 9.72. The van der Waals surface area contributed by atoms with Gasteiger partial charge in [-0.05, 0) is 61.7 Å². The predicted octanol–water partition coefficient (Wildman–Crippen LogP) is 4.42. The van der Waals surface area contributed by atoms with E-state index in [-0.39, 0.29) is 28.6 Å². The van der Waals surface area contributed by atoms with Crippen molar-refractivity contribution in [3.8, 4) is 6.07 Å². The van der Waals surface area contributed by atoms with E-state index in [1.54, 1.807) is 28.9 Å². The summed E-state index contributed by atoms with van der Waals surface area (Å²) in [6, 6.07) is 8.54. The van der Waals surface area contributed by atoms with Gasteiger partial charge in [-0.25, -0.2) is 14.5 Å². The average Bonchev–Trinajstić information content (AvgIpc) is 3.45. The number of rotatable bonds is 2. The van der Waals surface area contributed by atoms with Crippen LogP contribution >= 0.6 is 27.5 Å². The van der Waals surface area contributed by atoms with E-state index in [2.05, 4.69) is 21.2 Å². The van der Waals surface area contributed by atoms with E-state index in [9.17, 15) is 19.6 Å². The Morgan fingerprint density at radius 2 is 2.00 bits per heavy atom. The second kappa shape index (κ2) is 7.75. The van der Waals surface area contributed by atoms with Crippen molar-refractivity contribution in [2.45, 2.75) is 38.4 Å². The van der Waals surface area contributed by atoms with Gasteiger partial charge in [-0.3, -0.25) is 4.79 Å². The normalized spacial score (nSPS) is 23.2. The van der Waals surface area contributed by atoms with Crippen LogP contribution in [0, 0.1) is 25.2 Å². The number of imide groups is 1. The second-order valence-electron chi connectivity index (χ2n) is 8.49. The highest BCUT2D eigenvalue weighted by Crippen LogP contribution is 2.43. The van der Waals surface area contributed by atoms with Crippen molar-refractivity contribution in [3.63, 3.8) is 0 Å². The Balaban J connectivity index is 1.40. The third-order valence-electron chi connectivity index (χ3n) is 6.65. The molecule has 168 valence electrons. The smallest absolute Gasteiger partial charge is 0.317 e. The third kappa shape index (κ3) is 3.20. The van der Waals surface area contributed by atoms with Gasteiger partial charge < -0.3 is 15.1 Å². The first-order valence-electron chi connectivity index (χ1n) is 10.4. The third-order valence-corrected chi connectivity index (χ3v) is 8.03. The summed E-state index contributed by atoms with van der Waals surface area (Å²) in [5.41, 5.74) is 2.79. The molecule has 0 saturated carbocycles. The zero-order valence-electron chi connectivity index (χ0n) is 17.8. The van der Waals surface area contributed by atoms with Crippen molar-refractivity contribution in [1.82, 2.24) is 9.80 Å². The van der Waals surface area contributed by atoms with E-state index in [0.29, 0.717) is 29.9 Å². The van der Waals surface area contributed by atoms with Crippen LogP contribution in [0.25, 0.3) is 0 Å². The number of nitrogens with one attached hydrogen (secondary N) is 1. The fourth-order valence-electron chi connectivity index (χ4n) is 5.03. The largest absolute Gasteiger partial charge is 0.332 e. The number of carbonyl (C=O) groups excluding carboxylic acids is 3. The van der Waals surface area contributed by atoms with Crippen LogP contribution in [-0.4, -0.2) is 52.4 Å². The molecule has 0 spiro atoms. The number of hydrogen-bond acceptors (Lipinski definition) is 4. The molecule has 3 heterocycles. The molecular weight excluding hydrogens is 510 g/mol. The summed E-state index contributed by atoms with van der Waals surface area (Å²) in [7, 11) is 0. The lowest BCUT2D eigenvalue weighted by Gasteiger charge is -2.34. The number of halogens is 2. The number of aryl methyl sites for hydroxylation is 1. The van der Waals surface area contributed by atoms with Crippen molar-refractivity contribution in [3.05, 3.63) is 56.5 Å². The molecule has 8 nitrogen and oxygen atoms in total. The minimum Gasteiger partial charge on any atom is -0.317 e. The molecule has 1 N–H and O–H groups in total. The van der Waals surface area contributed by atoms with Gasteiger partial charge in [0.2, 0.25) is 0 Å². The molecule has 10 heteroatoms. The molecule has 0 radical (unpaired) electrons. The minimum atomic E-state index is -0.734. The summed E-state index contributed by atoms with van der Waals surface area (Å²) in [5, 5.41) is 12.3. The van der Waals surface area contributed by atoms with Gasteiger partial charge >= 0.3 is 12.1 Å². The van der Waals surface area contributed by atoms with Crippen LogP contribution in [0.4, 0.5) is 21.0 Å². The maximum Gasteiger partial charge on any atom is 0.332 e. The van der Waals surface area contributed by atoms with Crippen LogP contribution in [0.3, 0.4) is 0 Å². The number of hydrogen-bond donors (Lipinski definition) is 1. The average molecular weight is 529 g/mol. The SMILES string of the molecule is Cc1cc(NC(=O)N2CC3CC2[C@H]2C(=O)N(c4ccc(C#N)c(Cl)c4C)C(=O)N32)ccc1Br. The van der Waals surface area contributed by atoms with Crippen molar-refractivity contribution >= 4 is 56.9 Å². The maximum atomic E-state index is 13.4. The van der Waals surface area contributed by atoms with Crippen LogP contribution in [-0.2, 0) is 4.79 Å². The number of nitriles is 1. The molecule has 3 aliphatic rings. The highest BCUT2D eigenvalue weighted by atomic mass is 79.9. The van der Waals surface area contributed by atoms with Gasteiger partial charge in [0, 0.05) is 16.7 Å². The quantitative estimate of drug-likeness (QED) is 0.584. The Labute approximate surface area is 203 Å². The first kappa shape index (κ1) is 21.7. The highest BCUT2D eigenvalue weighted by Gasteiger charge is 2.63. The van der Waals surface area contributed by atoms with Crippen LogP contribution < -0.4 is 10.2 Å². The Morgan fingerprint density at radius 3 is 2.70 bits per heavy atom. The predicted molar refractivity (Wildman–Crippen MR) is 126 cm³/mol. The number of likely N-dealkylation sites (tertiary alicyclic amines) is 1. The number of benzene rings is 2. The molecule has 3 fully saturated rings. The molecule has 3 saturated heterocycles. The molecule has 3 aliphatic heterocycles. The number of carbonyl (C=O) groups is 3. The lowest BCUT2D eigenvalue weighted by Crippen LogP contribution is -2.55. The molecule has 2 bridgehead atoms. The van der Waals surface area contributed by atoms with Gasteiger partial charge in [-0.1, -0.05) is 27.5 Å². The zero-order chi connectivity index (χ0) is 23.6. The zero-order valence-corrected chi connectivity index (χ0v) is 20.1. The number of piperazine rings is 1.